The number of halogens is 3. The van der Waals surface area contributed by atoms with Gasteiger partial charge in [-0.15, -0.1) is 0 Å². The molecule has 0 bridgehead atoms. The summed E-state index contributed by atoms with van der Waals surface area (Å²) in [6.07, 6.45) is 2.95. The Morgan fingerprint density at radius 2 is 1.72 bits per heavy atom. The van der Waals surface area contributed by atoms with Gasteiger partial charge in [-0.2, -0.15) is 4.31 Å². The average molecular weight is 550 g/mol. The Morgan fingerprint density at radius 3 is 2.33 bits per heavy atom. The molecule has 5 rings (SSSR count). The third kappa shape index (κ3) is 4.74. The first-order valence-electron chi connectivity index (χ1n) is 12.0. The summed E-state index contributed by atoms with van der Waals surface area (Å²) in [5.74, 6) is -0.942. The number of aliphatic carboxylic acids is 1. The third-order valence-corrected chi connectivity index (χ3v) is 10.0. The van der Waals surface area contributed by atoms with Gasteiger partial charge in [-0.05, 0) is 114 Å². The minimum absolute atomic E-state index is 0.0215. The predicted octanol–water partition coefficient (Wildman–Crippen LogP) is 6.67. The summed E-state index contributed by atoms with van der Waals surface area (Å²) >= 11 is 12.1. The topological polar surface area (TPSA) is 74.7 Å². The lowest BCUT2D eigenvalue weighted by Crippen LogP contribution is -2.38. The molecular weight excluding hydrogens is 524 g/mol. The highest BCUT2D eigenvalue weighted by Crippen LogP contribution is 2.46. The summed E-state index contributed by atoms with van der Waals surface area (Å²) in [5, 5.41) is 11.7. The van der Waals surface area contributed by atoms with Crippen LogP contribution in [-0.4, -0.2) is 36.9 Å². The zero-order valence-corrected chi connectivity index (χ0v) is 22.1. The van der Waals surface area contributed by atoms with Crippen molar-refractivity contribution in [2.24, 2.45) is 0 Å². The summed E-state index contributed by atoms with van der Waals surface area (Å²) in [5.41, 5.74) is 3.45. The number of fused-ring (bicyclic) bond motifs is 1. The molecule has 36 heavy (non-hydrogen) atoms. The second-order valence-electron chi connectivity index (χ2n) is 9.76. The van der Waals surface area contributed by atoms with E-state index in [1.807, 2.05) is 13.0 Å². The Hall–Kier alpha value is -2.19. The van der Waals surface area contributed by atoms with Crippen molar-refractivity contribution in [3.8, 4) is 0 Å². The van der Waals surface area contributed by atoms with Crippen LogP contribution in [-0.2, 0) is 21.2 Å². The van der Waals surface area contributed by atoms with Crippen molar-refractivity contribution in [3.05, 3.63) is 74.5 Å². The van der Waals surface area contributed by atoms with Crippen LogP contribution in [0, 0.1) is 12.7 Å². The number of rotatable bonds is 6. The molecule has 3 aromatic carbocycles. The van der Waals surface area contributed by atoms with E-state index in [0.29, 0.717) is 23.8 Å². The van der Waals surface area contributed by atoms with Crippen LogP contribution in [0.1, 0.15) is 59.8 Å². The molecule has 0 atom stereocenters. The molecule has 2 aliphatic rings. The standard InChI is InChI=1S/C27H26Cl2FNO4S/c1-15-18(11-26(32)33)10-22-21(16-2-3-16)13-20(30)14-23(22)27(15)17-6-8-31(9-7-17)36(34,35)25-5-4-19(28)12-24(25)29/h4-5,10,12-14,16-17H,2-3,6-9,11H2,1H3,(H,32,33). The number of hydrogen-bond acceptors (Lipinski definition) is 3. The Balaban J connectivity index is 1.52. The smallest absolute Gasteiger partial charge is 0.307 e. The van der Waals surface area contributed by atoms with Crippen LogP contribution in [0.4, 0.5) is 4.39 Å². The summed E-state index contributed by atoms with van der Waals surface area (Å²) < 4.78 is 42.7. The Labute approximate surface area is 219 Å². The highest BCUT2D eigenvalue weighted by Gasteiger charge is 2.34. The minimum Gasteiger partial charge on any atom is -0.481 e. The molecule has 1 N–H and O–H groups in total. The van der Waals surface area contributed by atoms with Gasteiger partial charge in [0.05, 0.1) is 11.4 Å². The summed E-state index contributed by atoms with van der Waals surface area (Å²) in [7, 11) is -3.80. The Kier molecular flexibility index (Phi) is 6.79. The van der Waals surface area contributed by atoms with E-state index >= 15 is 0 Å². The normalized spacial score (nSPS) is 17.6. The van der Waals surface area contributed by atoms with Crippen LogP contribution in [0.5, 0.6) is 0 Å². The number of nitrogens with zero attached hydrogens (tertiary/aromatic N) is 1. The molecule has 0 spiro atoms. The lowest BCUT2D eigenvalue weighted by Gasteiger charge is -2.33. The van der Waals surface area contributed by atoms with Crippen molar-refractivity contribution in [3.63, 3.8) is 0 Å². The van der Waals surface area contributed by atoms with Crippen LogP contribution < -0.4 is 0 Å². The lowest BCUT2D eigenvalue weighted by molar-refractivity contribution is -0.136. The maximum absolute atomic E-state index is 14.7. The van der Waals surface area contributed by atoms with Crippen molar-refractivity contribution < 1.29 is 22.7 Å². The van der Waals surface area contributed by atoms with Crippen molar-refractivity contribution in [2.45, 2.75) is 55.8 Å². The molecule has 1 saturated heterocycles. The van der Waals surface area contributed by atoms with Crippen molar-refractivity contribution in [1.29, 1.82) is 0 Å². The number of sulfonamides is 1. The molecule has 0 radical (unpaired) electrons. The van der Waals surface area contributed by atoms with Gasteiger partial charge in [0.15, 0.2) is 0 Å². The van der Waals surface area contributed by atoms with Gasteiger partial charge in [0.1, 0.15) is 10.7 Å². The largest absolute Gasteiger partial charge is 0.481 e. The SMILES string of the molecule is Cc1c(CC(=O)O)cc2c(C3CC3)cc(F)cc2c1C1CCN(S(=O)(=O)c2ccc(Cl)cc2Cl)CC1. The van der Waals surface area contributed by atoms with Gasteiger partial charge >= 0.3 is 5.97 Å². The minimum atomic E-state index is -3.80. The van der Waals surface area contributed by atoms with Crippen molar-refractivity contribution >= 4 is 50.0 Å². The number of piperidine rings is 1. The average Bonchev–Trinajstić information content (AvgIpc) is 3.64. The molecular formula is C27H26Cl2FNO4S. The van der Waals surface area contributed by atoms with Gasteiger partial charge in [-0.1, -0.05) is 23.2 Å². The fourth-order valence-electron chi connectivity index (χ4n) is 5.49. The molecule has 1 saturated carbocycles. The molecule has 1 aliphatic heterocycles. The lowest BCUT2D eigenvalue weighted by atomic mass is 9.80. The fourth-order valence-corrected chi connectivity index (χ4v) is 7.71. The first-order chi connectivity index (χ1) is 17.1. The van der Waals surface area contributed by atoms with E-state index in [-0.39, 0.29) is 41.2 Å². The van der Waals surface area contributed by atoms with Gasteiger partial charge in [0.2, 0.25) is 10.0 Å². The van der Waals surface area contributed by atoms with Crippen LogP contribution in [0.15, 0.2) is 41.3 Å². The first-order valence-corrected chi connectivity index (χ1v) is 14.2. The first kappa shape index (κ1) is 25.5. The number of carboxylic acids is 1. The van der Waals surface area contributed by atoms with Crippen LogP contribution in [0.2, 0.25) is 10.0 Å². The van der Waals surface area contributed by atoms with E-state index in [9.17, 15) is 22.7 Å². The highest BCUT2D eigenvalue weighted by atomic mass is 35.5. The molecule has 0 aromatic heterocycles. The van der Waals surface area contributed by atoms with E-state index in [1.54, 1.807) is 12.1 Å². The third-order valence-electron chi connectivity index (χ3n) is 7.40. The summed E-state index contributed by atoms with van der Waals surface area (Å²) in [4.78, 5) is 11.6. The predicted molar refractivity (Wildman–Crippen MR) is 139 cm³/mol. The molecule has 1 heterocycles. The van der Waals surface area contributed by atoms with Crippen LogP contribution in [0.3, 0.4) is 0 Å². The molecule has 9 heteroatoms. The Morgan fingerprint density at radius 1 is 1.03 bits per heavy atom. The second kappa shape index (κ2) is 9.60. The second-order valence-corrected chi connectivity index (χ2v) is 12.5. The number of carboxylic acid groups (broad SMARTS) is 1. The zero-order chi connectivity index (χ0) is 25.8. The molecule has 2 fully saturated rings. The molecule has 190 valence electrons. The maximum Gasteiger partial charge on any atom is 0.307 e. The van der Waals surface area contributed by atoms with Crippen molar-refractivity contribution in [1.82, 2.24) is 4.31 Å². The van der Waals surface area contributed by atoms with Gasteiger partial charge < -0.3 is 5.11 Å². The van der Waals surface area contributed by atoms with E-state index in [2.05, 4.69) is 0 Å². The quantitative estimate of drug-likeness (QED) is 0.372. The fraction of sp³-hybridized carbons (Fsp3) is 0.370. The van der Waals surface area contributed by atoms with E-state index in [1.165, 1.54) is 22.5 Å². The molecule has 0 amide bonds. The molecule has 0 unspecified atom stereocenters. The van der Waals surface area contributed by atoms with Crippen LogP contribution >= 0.6 is 23.2 Å². The van der Waals surface area contributed by atoms with Gasteiger partial charge in [-0.25, -0.2) is 12.8 Å². The Bertz CT molecular complexity index is 1480. The number of benzene rings is 3. The van der Waals surface area contributed by atoms with Gasteiger partial charge in [0, 0.05) is 18.1 Å². The molecule has 1 aliphatic carbocycles. The van der Waals surface area contributed by atoms with E-state index < -0.39 is 16.0 Å². The number of carbonyl (C=O) groups is 1. The van der Waals surface area contributed by atoms with E-state index in [4.69, 9.17) is 23.2 Å². The van der Waals surface area contributed by atoms with Crippen LogP contribution in [0.25, 0.3) is 10.8 Å². The maximum atomic E-state index is 14.7. The summed E-state index contributed by atoms with van der Waals surface area (Å²) in [6, 6.07) is 9.37. The van der Waals surface area contributed by atoms with Gasteiger partial charge in [-0.3, -0.25) is 4.79 Å². The zero-order valence-electron chi connectivity index (χ0n) is 19.7. The summed E-state index contributed by atoms with van der Waals surface area (Å²) in [6.45, 7) is 2.45. The van der Waals surface area contributed by atoms with Gasteiger partial charge in [0.25, 0.3) is 0 Å². The van der Waals surface area contributed by atoms with E-state index in [0.717, 1.165) is 45.9 Å². The monoisotopic (exact) mass is 549 g/mol. The van der Waals surface area contributed by atoms with Crippen molar-refractivity contribution in [2.75, 3.05) is 13.1 Å². The highest BCUT2D eigenvalue weighted by molar-refractivity contribution is 7.89. The molecule has 3 aromatic rings. The molecule has 5 nitrogen and oxygen atoms in total. The number of hydrogen-bond donors (Lipinski definition) is 1.